The highest BCUT2D eigenvalue weighted by atomic mass is 16.2. The van der Waals surface area contributed by atoms with Crippen molar-refractivity contribution >= 4 is 17.6 Å². The number of carbonyl (C=O) groups is 2. The van der Waals surface area contributed by atoms with Crippen LogP contribution in [0.4, 0.5) is 5.82 Å². The molecule has 4 N–H and O–H groups in total. The van der Waals surface area contributed by atoms with Gasteiger partial charge >= 0.3 is 0 Å². The Morgan fingerprint density at radius 3 is 2.38 bits per heavy atom. The van der Waals surface area contributed by atoms with Gasteiger partial charge in [0.1, 0.15) is 5.82 Å². The van der Waals surface area contributed by atoms with Crippen molar-refractivity contribution in [2.24, 2.45) is 0 Å². The largest absolute Gasteiger partial charge is 0.370 e. The minimum atomic E-state index is -0.371. The molecule has 0 aliphatic carbocycles. The third kappa shape index (κ3) is 8.24. The molecule has 0 saturated heterocycles. The summed E-state index contributed by atoms with van der Waals surface area (Å²) in [6.07, 6.45) is 3.98. The number of carbonyl (C=O) groups excluding carboxylic acids is 2. The Labute approximate surface area is 215 Å². The number of tetrazole rings is 1. The molecule has 0 aliphatic rings. The number of benzene rings is 2. The van der Waals surface area contributed by atoms with Crippen LogP contribution in [0.2, 0.25) is 0 Å². The Hall–Kier alpha value is -4.60. The first-order valence-corrected chi connectivity index (χ1v) is 12.3. The van der Waals surface area contributed by atoms with Crippen molar-refractivity contribution in [3.05, 3.63) is 90.4 Å². The molecule has 2 heterocycles. The molecule has 1 atom stereocenters. The summed E-state index contributed by atoms with van der Waals surface area (Å²) in [5.41, 5.74) is 3.10. The van der Waals surface area contributed by atoms with Crippen LogP contribution in [0.1, 0.15) is 36.7 Å². The summed E-state index contributed by atoms with van der Waals surface area (Å²) in [4.78, 5) is 29.1. The summed E-state index contributed by atoms with van der Waals surface area (Å²) in [5, 5.41) is 23.0. The van der Waals surface area contributed by atoms with Gasteiger partial charge in [-0.15, -0.1) is 10.2 Å². The van der Waals surface area contributed by atoms with Gasteiger partial charge < -0.3 is 16.0 Å². The number of hydrogen-bond acceptors (Lipinski definition) is 7. The summed E-state index contributed by atoms with van der Waals surface area (Å²) in [7, 11) is 0. The lowest BCUT2D eigenvalue weighted by atomic mass is 9.99. The van der Waals surface area contributed by atoms with E-state index in [1.807, 2.05) is 72.8 Å². The molecule has 190 valence electrons. The summed E-state index contributed by atoms with van der Waals surface area (Å²) >= 11 is 0. The third-order valence-corrected chi connectivity index (χ3v) is 5.78. The fraction of sp³-hybridized carbons (Fsp3) is 0.259. The van der Waals surface area contributed by atoms with Crippen molar-refractivity contribution in [2.45, 2.75) is 31.7 Å². The van der Waals surface area contributed by atoms with Crippen molar-refractivity contribution in [3.63, 3.8) is 0 Å². The van der Waals surface area contributed by atoms with Crippen LogP contribution >= 0.6 is 0 Å². The second-order valence-electron chi connectivity index (χ2n) is 8.52. The predicted octanol–water partition coefficient (Wildman–Crippen LogP) is 3.06. The zero-order valence-corrected chi connectivity index (χ0v) is 20.4. The topological polar surface area (TPSA) is 138 Å². The van der Waals surface area contributed by atoms with Gasteiger partial charge in [0.05, 0.1) is 12.6 Å². The molecule has 0 fully saturated rings. The van der Waals surface area contributed by atoms with E-state index in [1.165, 1.54) is 0 Å². The molecule has 37 heavy (non-hydrogen) atoms. The van der Waals surface area contributed by atoms with E-state index in [0.29, 0.717) is 25.1 Å². The number of unbranched alkanes of at least 4 members (excludes halogenated alkanes) is 1. The van der Waals surface area contributed by atoms with Crippen molar-refractivity contribution in [3.8, 4) is 11.1 Å². The van der Waals surface area contributed by atoms with Crippen LogP contribution in [0, 0.1) is 0 Å². The molecule has 4 aromatic rings. The number of nitrogens with one attached hydrogen (secondary N) is 4. The maximum atomic E-state index is 12.7. The molecule has 2 amide bonds. The number of rotatable bonds is 13. The van der Waals surface area contributed by atoms with Crippen LogP contribution in [0.15, 0.2) is 79.0 Å². The molecule has 0 saturated carbocycles. The third-order valence-electron chi connectivity index (χ3n) is 5.78. The Bertz CT molecular complexity index is 1230. The number of anilines is 1. The zero-order chi connectivity index (χ0) is 25.7. The lowest BCUT2D eigenvalue weighted by molar-refractivity contribution is -0.126. The van der Waals surface area contributed by atoms with E-state index in [1.54, 1.807) is 6.20 Å². The predicted molar refractivity (Wildman–Crippen MR) is 140 cm³/mol. The number of aromatic amines is 1. The summed E-state index contributed by atoms with van der Waals surface area (Å²) in [5.74, 6) is 0.857. The maximum Gasteiger partial charge on any atom is 0.239 e. The van der Waals surface area contributed by atoms with Crippen molar-refractivity contribution in [2.75, 3.05) is 18.4 Å². The summed E-state index contributed by atoms with van der Waals surface area (Å²) in [6.45, 7) is 0.626. The average molecular weight is 499 g/mol. The van der Waals surface area contributed by atoms with Gasteiger partial charge in [-0.1, -0.05) is 65.9 Å². The molecule has 0 radical (unpaired) electrons. The SMILES string of the molecule is O=C(CCCCNc1ccccn1)NCC(=O)NC(Cc1nn[nH]n1)c1ccc(-c2ccccc2)cc1. The summed E-state index contributed by atoms with van der Waals surface area (Å²) in [6, 6.07) is 23.4. The van der Waals surface area contributed by atoms with Crippen LogP contribution in [0.3, 0.4) is 0 Å². The van der Waals surface area contributed by atoms with Gasteiger partial charge in [0.25, 0.3) is 0 Å². The Kier molecular flexibility index (Phi) is 9.29. The van der Waals surface area contributed by atoms with Gasteiger partial charge in [0.15, 0.2) is 5.82 Å². The van der Waals surface area contributed by atoms with Gasteiger partial charge in [-0.25, -0.2) is 4.98 Å². The standard InChI is InChI=1S/C27H30N8O2/c36-26(11-5-7-17-29-24-10-4-6-16-28-24)30-19-27(37)31-23(18-25-32-34-35-33-25)22-14-12-21(13-15-22)20-8-2-1-3-9-20/h1-4,6,8-10,12-16,23H,5,7,11,17-19H2,(H,28,29)(H,30,36)(H,31,37)(H,32,33,34,35). The normalized spacial score (nSPS) is 11.5. The monoisotopic (exact) mass is 498 g/mol. The van der Waals surface area contributed by atoms with Crippen LogP contribution < -0.4 is 16.0 Å². The van der Waals surface area contributed by atoms with Crippen molar-refractivity contribution < 1.29 is 9.59 Å². The molecule has 4 rings (SSSR count). The van der Waals surface area contributed by atoms with Crippen LogP contribution in [-0.4, -0.2) is 50.5 Å². The van der Waals surface area contributed by atoms with Gasteiger partial charge in [-0.2, -0.15) is 5.21 Å². The maximum absolute atomic E-state index is 12.7. The second-order valence-corrected chi connectivity index (χ2v) is 8.52. The Balaban J connectivity index is 1.25. The number of H-pyrrole nitrogens is 1. The first-order valence-electron chi connectivity index (χ1n) is 12.3. The van der Waals surface area contributed by atoms with Crippen molar-refractivity contribution in [1.29, 1.82) is 0 Å². The smallest absolute Gasteiger partial charge is 0.239 e. The Morgan fingerprint density at radius 1 is 0.865 bits per heavy atom. The minimum absolute atomic E-state index is 0.101. The van der Waals surface area contributed by atoms with Crippen molar-refractivity contribution in [1.82, 2.24) is 36.2 Å². The highest BCUT2D eigenvalue weighted by Gasteiger charge is 2.18. The first kappa shape index (κ1) is 25.5. The van der Waals surface area contributed by atoms with Gasteiger partial charge in [0, 0.05) is 25.6 Å². The van der Waals surface area contributed by atoms with Gasteiger partial charge in [0.2, 0.25) is 11.8 Å². The lowest BCUT2D eigenvalue weighted by Crippen LogP contribution is -2.39. The van der Waals surface area contributed by atoms with E-state index in [2.05, 4.69) is 41.6 Å². The second kappa shape index (κ2) is 13.5. The number of aromatic nitrogens is 5. The van der Waals surface area contributed by atoms with E-state index in [0.717, 1.165) is 35.5 Å². The van der Waals surface area contributed by atoms with Crippen LogP contribution in [0.25, 0.3) is 11.1 Å². The molecular formula is C27H30N8O2. The number of nitrogens with zero attached hydrogens (tertiary/aromatic N) is 4. The van der Waals surface area contributed by atoms with Crippen LogP contribution in [0.5, 0.6) is 0 Å². The van der Waals surface area contributed by atoms with E-state index >= 15 is 0 Å². The first-order chi connectivity index (χ1) is 18.2. The molecule has 2 aromatic carbocycles. The molecule has 0 spiro atoms. The quantitative estimate of drug-likeness (QED) is 0.208. The number of pyridine rings is 1. The number of amides is 2. The Morgan fingerprint density at radius 2 is 1.65 bits per heavy atom. The molecule has 10 heteroatoms. The van der Waals surface area contributed by atoms with E-state index in [4.69, 9.17) is 0 Å². The van der Waals surface area contributed by atoms with Gasteiger partial charge in [-0.3, -0.25) is 9.59 Å². The highest BCUT2D eigenvalue weighted by molar-refractivity contribution is 5.84. The molecule has 10 nitrogen and oxygen atoms in total. The highest BCUT2D eigenvalue weighted by Crippen LogP contribution is 2.23. The molecular weight excluding hydrogens is 468 g/mol. The molecule has 1 unspecified atom stereocenters. The zero-order valence-electron chi connectivity index (χ0n) is 20.4. The minimum Gasteiger partial charge on any atom is -0.370 e. The van der Waals surface area contributed by atoms with E-state index < -0.39 is 0 Å². The molecule has 2 aromatic heterocycles. The summed E-state index contributed by atoms with van der Waals surface area (Å²) < 4.78 is 0. The molecule has 0 bridgehead atoms. The van der Waals surface area contributed by atoms with Gasteiger partial charge in [-0.05, 0) is 41.7 Å². The molecule has 0 aliphatic heterocycles. The van der Waals surface area contributed by atoms with E-state index in [-0.39, 0.29) is 24.4 Å². The van der Waals surface area contributed by atoms with E-state index in [9.17, 15) is 9.59 Å². The lowest BCUT2D eigenvalue weighted by Gasteiger charge is -2.18. The van der Waals surface area contributed by atoms with Crippen LogP contribution in [-0.2, 0) is 16.0 Å². The number of hydrogen-bond donors (Lipinski definition) is 4. The average Bonchev–Trinajstić information content (AvgIpc) is 3.46. The fourth-order valence-corrected chi connectivity index (χ4v) is 3.85. The fourth-order valence-electron chi connectivity index (χ4n) is 3.85.